The van der Waals surface area contributed by atoms with E-state index in [-0.39, 0.29) is 5.91 Å². The summed E-state index contributed by atoms with van der Waals surface area (Å²) in [5.74, 6) is -0.127. The molecule has 0 aliphatic rings. The van der Waals surface area contributed by atoms with Crippen LogP contribution in [0.5, 0.6) is 0 Å². The highest BCUT2D eigenvalue weighted by Gasteiger charge is 2.02. The second kappa shape index (κ2) is 5.01. The van der Waals surface area contributed by atoms with E-state index < -0.39 is 0 Å². The van der Waals surface area contributed by atoms with Crippen molar-refractivity contribution in [2.75, 3.05) is 7.05 Å². The monoisotopic (exact) mass is 192 g/mol. The Hall–Kier alpha value is -1.84. The van der Waals surface area contributed by atoms with E-state index in [1.807, 2.05) is 6.07 Å². The Balaban J connectivity index is 2.78. The summed E-state index contributed by atoms with van der Waals surface area (Å²) in [6.07, 6.45) is 0.632. The molecule has 2 amide bonds. The average Bonchev–Trinajstić information content (AvgIpc) is 2.25. The molecule has 0 aliphatic carbocycles. The largest absolute Gasteiger partial charge is 0.355 e. The number of hydrogen-bond acceptors (Lipinski definition) is 2. The second-order valence-electron chi connectivity index (χ2n) is 2.78. The molecule has 0 spiro atoms. The minimum atomic E-state index is -0.127. The fourth-order valence-electron chi connectivity index (χ4n) is 1.13. The number of carbonyl (C=O) groups excluding carboxylic acids is 2. The lowest BCUT2D eigenvalue weighted by atomic mass is 10.1. The van der Waals surface area contributed by atoms with Gasteiger partial charge in [0.2, 0.25) is 6.41 Å². The van der Waals surface area contributed by atoms with Crippen LogP contribution in [-0.4, -0.2) is 19.4 Å². The Morgan fingerprint density at radius 3 is 2.93 bits per heavy atom. The number of carbonyl (C=O) groups is 2. The molecule has 0 aromatic heterocycles. The molecule has 0 saturated carbocycles. The van der Waals surface area contributed by atoms with Gasteiger partial charge in [-0.15, -0.1) is 0 Å². The third-order valence-electron chi connectivity index (χ3n) is 1.81. The van der Waals surface area contributed by atoms with Crippen molar-refractivity contribution >= 4 is 12.3 Å². The van der Waals surface area contributed by atoms with E-state index in [0.29, 0.717) is 18.5 Å². The zero-order chi connectivity index (χ0) is 10.4. The quantitative estimate of drug-likeness (QED) is 0.674. The molecular formula is C10H12N2O2. The van der Waals surface area contributed by atoms with Crippen LogP contribution in [0, 0.1) is 0 Å². The minimum Gasteiger partial charge on any atom is -0.355 e. The molecule has 0 atom stereocenters. The van der Waals surface area contributed by atoms with Crippen molar-refractivity contribution < 1.29 is 9.59 Å². The molecule has 0 radical (unpaired) electrons. The first-order valence-electron chi connectivity index (χ1n) is 4.26. The summed E-state index contributed by atoms with van der Waals surface area (Å²) in [5, 5.41) is 5.07. The highest BCUT2D eigenvalue weighted by atomic mass is 16.1. The van der Waals surface area contributed by atoms with Crippen LogP contribution in [0.25, 0.3) is 0 Å². The van der Waals surface area contributed by atoms with Crippen molar-refractivity contribution in [2.45, 2.75) is 6.54 Å². The van der Waals surface area contributed by atoms with E-state index in [4.69, 9.17) is 0 Å². The Morgan fingerprint density at radius 2 is 2.29 bits per heavy atom. The zero-order valence-electron chi connectivity index (χ0n) is 7.91. The van der Waals surface area contributed by atoms with Gasteiger partial charge >= 0.3 is 0 Å². The number of hydrogen-bond donors (Lipinski definition) is 2. The Morgan fingerprint density at radius 1 is 1.50 bits per heavy atom. The van der Waals surface area contributed by atoms with Crippen LogP contribution < -0.4 is 10.6 Å². The van der Waals surface area contributed by atoms with Gasteiger partial charge in [0, 0.05) is 19.2 Å². The molecule has 4 nitrogen and oxygen atoms in total. The summed E-state index contributed by atoms with van der Waals surface area (Å²) in [6.45, 7) is 0.439. The number of nitrogens with one attached hydrogen (secondary N) is 2. The molecule has 0 heterocycles. The maximum Gasteiger partial charge on any atom is 0.251 e. The maximum atomic E-state index is 11.2. The van der Waals surface area contributed by atoms with Gasteiger partial charge in [-0.05, 0) is 17.7 Å². The van der Waals surface area contributed by atoms with Gasteiger partial charge in [-0.25, -0.2) is 0 Å². The zero-order valence-corrected chi connectivity index (χ0v) is 7.91. The summed E-state index contributed by atoms with van der Waals surface area (Å²) in [5.41, 5.74) is 1.50. The van der Waals surface area contributed by atoms with Gasteiger partial charge in [-0.2, -0.15) is 0 Å². The first-order chi connectivity index (χ1) is 6.77. The third-order valence-corrected chi connectivity index (χ3v) is 1.81. The van der Waals surface area contributed by atoms with E-state index in [1.54, 1.807) is 25.2 Å². The molecule has 4 heteroatoms. The molecule has 1 rings (SSSR count). The van der Waals surface area contributed by atoms with Crippen molar-refractivity contribution in [1.82, 2.24) is 10.6 Å². The summed E-state index contributed by atoms with van der Waals surface area (Å²) in [7, 11) is 1.58. The second-order valence-corrected chi connectivity index (χ2v) is 2.78. The molecule has 74 valence electrons. The molecule has 1 aromatic carbocycles. The highest BCUT2D eigenvalue weighted by Crippen LogP contribution is 2.04. The summed E-state index contributed by atoms with van der Waals surface area (Å²) in [4.78, 5) is 21.3. The van der Waals surface area contributed by atoms with Crippen molar-refractivity contribution in [1.29, 1.82) is 0 Å². The fourth-order valence-corrected chi connectivity index (χ4v) is 1.13. The molecule has 0 aliphatic heterocycles. The fraction of sp³-hybridized carbons (Fsp3) is 0.200. The third kappa shape index (κ3) is 2.58. The molecule has 0 unspecified atom stereocenters. The summed E-state index contributed by atoms with van der Waals surface area (Å²) < 4.78 is 0. The van der Waals surface area contributed by atoms with Crippen molar-refractivity contribution in [2.24, 2.45) is 0 Å². The topological polar surface area (TPSA) is 58.2 Å². The van der Waals surface area contributed by atoms with Crippen molar-refractivity contribution in [3.8, 4) is 0 Å². The van der Waals surface area contributed by atoms with E-state index in [1.165, 1.54) is 0 Å². The molecule has 1 aromatic rings. The van der Waals surface area contributed by atoms with E-state index in [0.717, 1.165) is 5.56 Å². The van der Waals surface area contributed by atoms with Gasteiger partial charge in [-0.1, -0.05) is 12.1 Å². The summed E-state index contributed by atoms with van der Waals surface area (Å²) in [6, 6.07) is 7.11. The number of amides is 2. The predicted molar refractivity (Wildman–Crippen MR) is 52.7 cm³/mol. The van der Waals surface area contributed by atoms with Crippen molar-refractivity contribution in [3.63, 3.8) is 0 Å². The Labute approximate surface area is 82.3 Å². The van der Waals surface area contributed by atoms with Crippen molar-refractivity contribution in [3.05, 3.63) is 35.4 Å². The van der Waals surface area contributed by atoms with Crippen LogP contribution >= 0.6 is 0 Å². The smallest absolute Gasteiger partial charge is 0.251 e. The first-order valence-corrected chi connectivity index (χ1v) is 4.26. The Kier molecular flexibility index (Phi) is 3.67. The molecule has 2 N–H and O–H groups in total. The number of rotatable bonds is 4. The lowest BCUT2D eigenvalue weighted by Crippen LogP contribution is -2.18. The van der Waals surface area contributed by atoms with E-state index in [2.05, 4.69) is 10.6 Å². The van der Waals surface area contributed by atoms with Crippen LogP contribution in [0.1, 0.15) is 15.9 Å². The number of benzene rings is 1. The molecule has 0 bridgehead atoms. The predicted octanol–water partition coefficient (Wildman–Crippen LogP) is 0.292. The van der Waals surface area contributed by atoms with Gasteiger partial charge in [0.1, 0.15) is 0 Å². The van der Waals surface area contributed by atoms with E-state index in [9.17, 15) is 9.59 Å². The molecule has 0 fully saturated rings. The Bertz CT molecular complexity index is 337. The van der Waals surface area contributed by atoms with Crippen LogP contribution in [0.3, 0.4) is 0 Å². The van der Waals surface area contributed by atoms with Gasteiger partial charge in [-0.3, -0.25) is 9.59 Å². The lowest BCUT2D eigenvalue weighted by molar-refractivity contribution is -0.109. The lowest BCUT2D eigenvalue weighted by Gasteiger charge is -2.03. The standard InChI is InChI=1S/C10H12N2O2/c1-11-10(14)9-4-2-3-8(5-9)6-12-7-13/h2-5,7H,6H2,1H3,(H,11,14)(H,12,13). The van der Waals surface area contributed by atoms with Crippen LogP contribution in [0.2, 0.25) is 0 Å². The van der Waals surface area contributed by atoms with Crippen LogP contribution in [0.4, 0.5) is 0 Å². The highest BCUT2D eigenvalue weighted by molar-refractivity contribution is 5.94. The first kappa shape index (κ1) is 10.2. The minimum absolute atomic E-state index is 0.127. The van der Waals surface area contributed by atoms with Gasteiger partial charge in [0.25, 0.3) is 5.91 Å². The molecule has 14 heavy (non-hydrogen) atoms. The maximum absolute atomic E-state index is 11.2. The average molecular weight is 192 g/mol. The normalized spacial score (nSPS) is 9.21. The SMILES string of the molecule is CNC(=O)c1cccc(CNC=O)c1. The van der Waals surface area contributed by atoms with E-state index >= 15 is 0 Å². The van der Waals surface area contributed by atoms with Gasteiger partial charge in [0.05, 0.1) is 0 Å². The molecular weight excluding hydrogens is 180 g/mol. The van der Waals surface area contributed by atoms with Gasteiger partial charge in [0.15, 0.2) is 0 Å². The molecule has 0 saturated heterocycles. The van der Waals surface area contributed by atoms with Crippen LogP contribution in [0.15, 0.2) is 24.3 Å². The van der Waals surface area contributed by atoms with Gasteiger partial charge < -0.3 is 10.6 Å². The summed E-state index contributed by atoms with van der Waals surface area (Å²) >= 11 is 0. The van der Waals surface area contributed by atoms with Crippen LogP contribution in [-0.2, 0) is 11.3 Å².